The summed E-state index contributed by atoms with van der Waals surface area (Å²) in [5.74, 6) is -22.8. The highest BCUT2D eigenvalue weighted by Gasteiger charge is 2.45. The zero-order valence-electron chi connectivity index (χ0n) is 64.1. The van der Waals surface area contributed by atoms with Crippen molar-refractivity contribution in [1.82, 2.24) is 50.3 Å². The number of ether oxygens (including phenoxy) is 5. The standard InChI is InChI=1S/C73H107F5N12O18S/c1-15-42(8)62(51(104-13)35-53(92)90-32-20-24-50(90)64(105-14)43(9)66(94)82-44(10)63(93)46-21-17-16-18-22-46)87(11)70(98)60(40(4)5)86-69(97)61(41(6)7)88(12)73(101)107-36-45-25-27-48(28-26-45)83-67(95)49(23-19-31-80-72(79)100)84-68(96)59(39(2)3)85-52(91)37-106-38-81-109(102,103)89-33-29-47(30-34-89)71(99)108-65-57(77)55(75)54(74)56(76)58(65)78/h16-18,21-22,25-28,39-44,47,49-51,59-64,81,93H,15,19-20,23-24,29-38H2,1-14H3,(H,82,94)(H,83,95)(H,84,96)(H,85,91)(H,86,97)(H3,79,80,100)/t42-,43+,44+,49-,50-,51+,59-,60-,61-,62-,63+,64+/m0/s1. The van der Waals surface area contributed by atoms with E-state index in [4.69, 9.17) is 24.7 Å². The van der Waals surface area contributed by atoms with Crippen molar-refractivity contribution in [2.75, 3.05) is 73.1 Å². The van der Waals surface area contributed by atoms with Gasteiger partial charge >= 0.3 is 18.1 Å². The number of methoxy groups -OCH3 is 2. The number of nitrogens with one attached hydrogen (secondary N) is 7. The number of esters is 1. The molecule has 10 amide bonds. The highest BCUT2D eigenvalue weighted by molar-refractivity contribution is 7.87. The number of hydrogen-bond acceptors (Lipinski definition) is 18. The molecule has 608 valence electrons. The van der Waals surface area contributed by atoms with Crippen LogP contribution < -0.4 is 47.1 Å². The third-order valence-corrected chi connectivity index (χ3v) is 21.1. The monoisotopic (exact) mass is 1570 g/mol. The number of benzene rings is 3. The minimum atomic E-state index is -4.35. The van der Waals surface area contributed by atoms with Crippen molar-refractivity contribution in [2.24, 2.45) is 41.2 Å². The van der Waals surface area contributed by atoms with Crippen molar-refractivity contribution in [2.45, 2.75) is 188 Å². The topological polar surface area (TPSA) is 394 Å². The maximum atomic E-state index is 14.8. The van der Waals surface area contributed by atoms with Crippen LogP contribution in [0.2, 0.25) is 0 Å². The first-order valence-corrected chi connectivity index (χ1v) is 37.7. The zero-order chi connectivity index (χ0) is 81.5. The molecule has 109 heavy (non-hydrogen) atoms. The summed E-state index contributed by atoms with van der Waals surface area (Å²) in [6.07, 6.45) is -2.13. The summed E-state index contributed by atoms with van der Waals surface area (Å²) in [5.41, 5.74) is 6.57. The number of likely N-dealkylation sites (tertiary alicyclic amines) is 1. The lowest BCUT2D eigenvalue weighted by atomic mass is 9.89. The fourth-order valence-electron chi connectivity index (χ4n) is 13.2. The van der Waals surface area contributed by atoms with Crippen molar-refractivity contribution in [1.29, 1.82) is 0 Å². The average Bonchev–Trinajstić information content (AvgIpc) is 1.09. The fourth-order valence-corrected chi connectivity index (χ4v) is 14.3. The van der Waals surface area contributed by atoms with E-state index < -0.39 is 196 Å². The van der Waals surface area contributed by atoms with Crippen LogP contribution in [0, 0.1) is 64.6 Å². The van der Waals surface area contributed by atoms with E-state index in [0.29, 0.717) is 36.9 Å². The van der Waals surface area contributed by atoms with Crippen LogP contribution in [0.3, 0.4) is 0 Å². The van der Waals surface area contributed by atoms with Gasteiger partial charge in [-0.2, -0.15) is 26.2 Å². The Balaban J connectivity index is 1.14. The molecule has 3 aromatic rings. The molecule has 2 fully saturated rings. The van der Waals surface area contributed by atoms with Crippen LogP contribution in [-0.2, 0) is 74.1 Å². The van der Waals surface area contributed by atoms with E-state index in [1.54, 1.807) is 104 Å². The van der Waals surface area contributed by atoms with Crippen LogP contribution in [0.4, 0.5) is 37.2 Å². The van der Waals surface area contributed by atoms with Gasteiger partial charge in [-0.15, -0.1) is 0 Å². The summed E-state index contributed by atoms with van der Waals surface area (Å²) in [6, 6.07) is 7.67. The molecule has 36 heteroatoms. The average molecular weight is 1570 g/mol. The number of hydrogen-bond donors (Lipinski definition) is 9. The third-order valence-electron chi connectivity index (χ3n) is 19.6. The predicted octanol–water partition coefficient (Wildman–Crippen LogP) is 5.41. The molecule has 2 saturated heterocycles. The zero-order valence-corrected chi connectivity index (χ0v) is 64.9. The van der Waals surface area contributed by atoms with Gasteiger partial charge in [-0.3, -0.25) is 43.3 Å². The molecule has 2 heterocycles. The van der Waals surface area contributed by atoms with E-state index in [2.05, 4.69) is 41.4 Å². The van der Waals surface area contributed by atoms with E-state index in [-0.39, 0.29) is 81.8 Å². The summed E-state index contributed by atoms with van der Waals surface area (Å²) in [4.78, 5) is 141. The number of rotatable bonds is 40. The van der Waals surface area contributed by atoms with Crippen molar-refractivity contribution >= 4 is 75.3 Å². The van der Waals surface area contributed by atoms with Crippen LogP contribution in [0.15, 0.2) is 54.6 Å². The van der Waals surface area contributed by atoms with Gasteiger partial charge in [0.15, 0.2) is 0 Å². The number of likely N-dealkylation sites (N-methyl/N-ethyl adjacent to an activating group) is 2. The largest absolute Gasteiger partial charge is 0.445 e. The Morgan fingerprint density at radius 2 is 1.30 bits per heavy atom. The quantitative estimate of drug-likeness (QED) is 0.00653. The van der Waals surface area contributed by atoms with Crippen LogP contribution in [0.5, 0.6) is 5.75 Å². The summed E-state index contributed by atoms with van der Waals surface area (Å²) >= 11 is 0. The summed E-state index contributed by atoms with van der Waals surface area (Å²) < 4.78 is 125. The minimum Gasteiger partial charge on any atom is -0.445 e. The summed E-state index contributed by atoms with van der Waals surface area (Å²) in [7, 11) is 1.62. The fraction of sp³-hybridized carbons (Fsp3) is 0.616. The lowest BCUT2D eigenvalue weighted by Crippen LogP contribution is -2.60. The number of nitrogens with two attached hydrogens (primary N) is 1. The second-order valence-corrected chi connectivity index (χ2v) is 30.2. The number of urea groups is 1. The van der Waals surface area contributed by atoms with Gasteiger partial charge in [0.1, 0.15) is 44.1 Å². The maximum absolute atomic E-state index is 14.8. The Morgan fingerprint density at radius 1 is 0.697 bits per heavy atom. The molecular formula is C73H107F5N12O18S. The van der Waals surface area contributed by atoms with Crippen LogP contribution in [0.25, 0.3) is 0 Å². The molecule has 0 saturated carbocycles. The van der Waals surface area contributed by atoms with Crippen LogP contribution in [-0.4, -0.2) is 214 Å². The molecule has 3 aromatic carbocycles. The molecule has 0 radical (unpaired) electrons. The van der Waals surface area contributed by atoms with Gasteiger partial charge in [-0.1, -0.05) is 111 Å². The number of amides is 10. The Labute approximate surface area is 633 Å². The Kier molecular flexibility index (Phi) is 35.4. The Hall–Kier alpha value is -8.68. The first-order chi connectivity index (χ1) is 51.3. The molecule has 30 nitrogen and oxygen atoms in total. The molecular weight excluding hydrogens is 1460 g/mol. The van der Waals surface area contributed by atoms with Crippen LogP contribution >= 0.6 is 0 Å². The molecule has 0 spiro atoms. The second kappa shape index (κ2) is 42.5. The molecule has 0 aliphatic carbocycles. The minimum absolute atomic E-state index is 0.0136. The number of aliphatic hydroxyl groups excluding tert-OH is 1. The Bertz CT molecular complexity index is 3690. The number of primary amides is 1. The van der Waals surface area contributed by atoms with E-state index in [0.717, 1.165) is 9.21 Å². The first-order valence-electron chi connectivity index (χ1n) is 36.3. The third kappa shape index (κ3) is 25.2. The van der Waals surface area contributed by atoms with Crippen molar-refractivity contribution in [3.63, 3.8) is 0 Å². The number of halogens is 5. The molecule has 0 unspecified atom stereocenters. The van der Waals surface area contributed by atoms with Crippen molar-refractivity contribution in [3.05, 3.63) is 94.8 Å². The summed E-state index contributed by atoms with van der Waals surface area (Å²) in [6.45, 7) is 15.4. The number of nitrogens with zero attached hydrogens (tertiary/aromatic N) is 4. The molecule has 12 atom stereocenters. The van der Waals surface area contributed by atoms with E-state index in [1.165, 1.54) is 38.3 Å². The maximum Gasteiger partial charge on any atom is 0.410 e. The van der Waals surface area contributed by atoms with E-state index in [9.17, 15) is 83.4 Å². The SMILES string of the molecule is CC[C@H](C)[C@@H]([C@@H](CC(=O)N1CCC[C@H]1[C@H](OC)[C@@H](C)C(=O)N[C@H](C)[C@@H](O)c1ccccc1)OC)N(C)C(=O)[C@@H](NC(=O)[C@H](C(C)C)N(C)C(=O)OCc1ccc(NC(=O)[C@H](CCCNC(N)=O)NC(=O)[C@@H](NC(=O)COCNS(=O)(=O)N2CCC(C(=O)Oc3c(F)c(F)c(F)c(F)c3F)CC2)C(C)C)cc1)C(C)C. The van der Waals surface area contributed by atoms with Crippen molar-refractivity contribution < 1.29 is 107 Å². The smallest absolute Gasteiger partial charge is 0.410 e. The number of anilines is 1. The van der Waals surface area contributed by atoms with Gasteiger partial charge < -0.3 is 76.2 Å². The summed E-state index contributed by atoms with van der Waals surface area (Å²) in [5, 5.41) is 27.0. The van der Waals surface area contributed by atoms with Gasteiger partial charge in [0.25, 0.3) is 10.2 Å². The highest BCUT2D eigenvalue weighted by atomic mass is 32.2. The number of carbonyl (C=O) groups excluding carboxylic acids is 10. The van der Waals surface area contributed by atoms with E-state index >= 15 is 0 Å². The Morgan fingerprint density at radius 3 is 1.86 bits per heavy atom. The number of aliphatic hydroxyl groups is 1. The molecule has 10 N–H and O–H groups in total. The van der Waals surface area contributed by atoms with Gasteiger partial charge in [0.2, 0.25) is 76.2 Å². The first kappa shape index (κ1) is 90.9. The lowest BCUT2D eigenvalue weighted by Gasteiger charge is -2.41. The lowest BCUT2D eigenvalue weighted by molar-refractivity contribution is -0.148. The van der Waals surface area contributed by atoms with E-state index in [1.807, 2.05) is 19.9 Å². The highest BCUT2D eigenvalue weighted by Crippen LogP contribution is 2.33. The molecule has 2 aliphatic heterocycles. The van der Waals surface area contributed by atoms with Gasteiger partial charge in [-0.05, 0) is 92.4 Å². The number of carbonyl (C=O) groups is 10. The van der Waals surface area contributed by atoms with Crippen molar-refractivity contribution in [3.8, 4) is 5.75 Å². The second-order valence-electron chi connectivity index (χ2n) is 28.4. The van der Waals surface area contributed by atoms with Gasteiger partial charge in [0, 0.05) is 60.2 Å². The number of piperidine rings is 1. The predicted molar refractivity (Wildman–Crippen MR) is 388 cm³/mol. The normalized spacial score (nSPS) is 17.3. The molecule has 0 bridgehead atoms. The van der Waals surface area contributed by atoms with Crippen LogP contribution in [0.1, 0.15) is 138 Å². The molecule has 2 aliphatic rings. The molecule has 5 rings (SSSR count). The van der Waals surface area contributed by atoms with Gasteiger partial charge in [0.05, 0.1) is 54.7 Å². The van der Waals surface area contributed by atoms with Gasteiger partial charge in [-0.25, -0.2) is 22.8 Å². The molecule has 0 aromatic heterocycles.